The molecule has 1 N–H and O–H groups in total. The van der Waals surface area contributed by atoms with Crippen molar-refractivity contribution in [1.29, 1.82) is 0 Å². The van der Waals surface area contributed by atoms with Gasteiger partial charge in [0.15, 0.2) is 0 Å². The van der Waals surface area contributed by atoms with Crippen LogP contribution in [0.25, 0.3) is 0 Å². The van der Waals surface area contributed by atoms with Crippen LogP contribution in [0.4, 0.5) is 0 Å². The molecule has 17 heavy (non-hydrogen) atoms. The van der Waals surface area contributed by atoms with E-state index in [9.17, 15) is 13.2 Å². The molecule has 96 valence electrons. The second-order valence-electron chi connectivity index (χ2n) is 3.90. The van der Waals surface area contributed by atoms with Crippen molar-refractivity contribution in [2.75, 3.05) is 0 Å². The normalized spacial score (nSPS) is 11.5. The van der Waals surface area contributed by atoms with Crippen molar-refractivity contribution in [1.82, 2.24) is 14.5 Å². The molecule has 6 nitrogen and oxygen atoms in total. The number of nitrogens with one attached hydrogen (secondary N) is 1. The Balaban J connectivity index is 3.10. The minimum absolute atomic E-state index is 0.0875. The molecular formula is C10H17N3O3S. The van der Waals surface area contributed by atoms with Crippen LogP contribution < -0.4 is 4.72 Å². The zero-order valence-electron chi connectivity index (χ0n) is 10.4. The number of amides is 1. The smallest absolute Gasteiger partial charge is 0.267 e. The standard InChI is InChI=1S/C10H17N3O3S/c1-5-6-9(14)12-17(15,16)10-7(2)11-13(4)8(10)3/h5-6H2,1-4H3,(H,12,14). The molecule has 0 spiro atoms. The Morgan fingerprint density at radius 3 is 2.41 bits per heavy atom. The van der Waals surface area contributed by atoms with E-state index in [4.69, 9.17) is 0 Å². The average Bonchev–Trinajstić information content (AvgIpc) is 2.40. The van der Waals surface area contributed by atoms with Crippen molar-refractivity contribution in [3.8, 4) is 0 Å². The number of aryl methyl sites for hydroxylation is 2. The van der Waals surface area contributed by atoms with Crippen molar-refractivity contribution >= 4 is 15.9 Å². The second kappa shape index (κ2) is 4.87. The number of carbonyl (C=O) groups is 1. The van der Waals surface area contributed by atoms with E-state index in [1.54, 1.807) is 20.9 Å². The molecule has 7 heteroatoms. The number of rotatable bonds is 4. The first kappa shape index (κ1) is 13.7. The van der Waals surface area contributed by atoms with Gasteiger partial charge in [-0.15, -0.1) is 0 Å². The quantitative estimate of drug-likeness (QED) is 0.860. The number of sulfonamides is 1. The first-order valence-corrected chi connectivity index (χ1v) is 6.83. The van der Waals surface area contributed by atoms with E-state index in [1.165, 1.54) is 4.68 Å². The van der Waals surface area contributed by atoms with Crippen LogP contribution in [0.5, 0.6) is 0 Å². The highest BCUT2D eigenvalue weighted by atomic mass is 32.2. The summed E-state index contributed by atoms with van der Waals surface area (Å²) in [6.45, 7) is 5.07. The molecule has 0 atom stereocenters. The van der Waals surface area contributed by atoms with E-state index in [1.807, 2.05) is 11.6 Å². The van der Waals surface area contributed by atoms with Gasteiger partial charge < -0.3 is 0 Å². The molecule has 1 rings (SSSR count). The van der Waals surface area contributed by atoms with E-state index >= 15 is 0 Å². The fraction of sp³-hybridized carbons (Fsp3) is 0.600. The number of hydrogen-bond acceptors (Lipinski definition) is 4. The SMILES string of the molecule is CCCC(=O)NS(=O)(=O)c1c(C)nn(C)c1C. The van der Waals surface area contributed by atoms with Gasteiger partial charge in [-0.05, 0) is 20.3 Å². The van der Waals surface area contributed by atoms with Gasteiger partial charge in [0.25, 0.3) is 10.0 Å². The Kier molecular flexibility index (Phi) is 3.92. The van der Waals surface area contributed by atoms with Crippen molar-refractivity contribution < 1.29 is 13.2 Å². The van der Waals surface area contributed by atoms with Gasteiger partial charge >= 0.3 is 0 Å². The molecular weight excluding hydrogens is 242 g/mol. The lowest BCUT2D eigenvalue weighted by molar-refractivity contribution is -0.119. The van der Waals surface area contributed by atoms with Crippen LogP contribution in [-0.4, -0.2) is 24.1 Å². The van der Waals surface area contributed by atoms with Gasteiger partial charge in [0.1, 0.15) is 4.90 Å². The maximum Gasteiger partial charge on any atom is 0.267 e. The van der Waals surface area contributed by atoms with Gasteiger partial charge in [-0.1, -0.05) is 6.92 Å². The molecule has 0 aliphatic rings. The molecule has 0 saturated carbocycles. The highest BCUT2D eigenvalue weighted by Crippen LogP contribution is 2.18. The molecule has 0 fully saturated rings. The molecule has 0 saturated heterocycles. The summed E-state index contributed by atoms with van der Waals surface area (Å²) in [7, 11) is -2.14. The minimum Gasteiger partial charge on any atom is -0.274 e. The molecule has 0 aromatic carbocycles. The summed E-state index contributed by atoms with van der Waals surface area (Å²) >= 11 is 0. The molecule has 1 aromatic rings. The van der Waals surface area contributed by atoms with E-state index in [0.29, 0.717) is 17.8 Å². The van der Waals surface area contributed by atoms with E-state index in [0.717, 1.165) is 0 Å². The topological polar surface area (TPSA) is 81.1 Å². The summed E-state index contributed by atoms with van der Waals surface area (Å²) in [6.07, 6.45) is 0.796. The summed E-state index contributed by atoms with van der Waals surface area (Å²) in [5, 5.41) is 4.02. The predicted molar refractivity (Wildman–Crippen MR) is 62.9 cm³/mol. The van der Waals surface area contributed by atoms with E-state index in [2.05, 4.69) is 5.10 Å². The van der Waals surface area contributed by atoms with Gasteiger partial charge in [0, 0.05) is 13.5 Å². The van der Waals surface area contributed by atoms with Gasteiger partial charge in [0.05, 0.1) is 11.4 Å². The predicted octanol–water partition coefficient (Wildman–Crippen LogP) is 0.642. The van der Waals surface area contributed by atoms with Crippen LogP contribution >= 0.6 is 0 Å². The van der Waals surface area contributed by atoms with Crippen LogP contribution in [0, 0.1) is 13.8 Å². The zero-order chi connectivity index (χ0) is 13.2. The highest BCUT2D eigenvalue weighted by molar-refractivity contribution is 7.90. The molecule has 1 amide bonds. The zero-order valence-corrected chi connectivity index (χ0v) is 11.3. The van der Waals surface area contributed by atoms with Crippen molar-refractivity contribution in [2.24, 2.45) is 7.05 Å². The molecule has 0 aliphatic heterocycles. The third kappa shape index (κ3) is 2.85. The van der Waals surface area contributed by atoms with Crippen molar-refractivity contribution in [3.63, 3.8) is 0 Å². The molecule has 0 unspecified atom stereocenters. The first-order chi connectivity index (χ1) is 7.79. The van der Waals surface area contributed by atoms with Crippen LogP contribution in [0.2, 0.25) is 0 Å². The van der Waals surface area contributed by atoms with Crippen LogP contribution in [0.3, 0.4) is 0 Å². The lowest BCUT2D eigenvalue weighted by Crippen LogP contribution is -2.30. The lowest BCUT2D eigenvalue weighted by atomic mass is 10.3. The number of nitrogens with zero attached hydrogens (tertiary/aromatic N) is 2. The summed E-state index contributed by atoms with van der Waals surface area (Å²) < 4.78 is 27.5. The van der Waals surface area contributed by atoms with Gasteiger partial charge in [-0.2, -0.15) is 5.10 Å². The first-order valence-electron chi connectivity index (χ1n) is 5.35. The Morgan fingerprint density at radius 2 is 2.00 bits per heavy atom. The van der Waals surface area contributed by atoms with Crippen molar-refractivity contribution in [2.45, 2.75) is 38.5 Å². The summed E-state index contributed by atoms with van der Waals surface area (Å²) in [5.74, 6) is -0.491. The van der Waals surface area contributed by atoms with E-state index < -0.39 is 15.9 Å². The Morgan fingerprint density at radius 1 is 1.41 bits per heavy atom. The molecule has 0 radical (unpaired) electrons. The van der Waals surface area contributed by atoms with E-state index in [-0.39, 0.29) is 11.3 Å². The van der Waals surface area contributed by atoms with Crippen molar-refractivity contribution in [3.05, 3.63) is 11.4 Å². The summed E-state index contributed by atoms with van der Waals surface area (Å²) in [4.78, 5) is 11.4. The van der Waals surface area contributed by atoms with Gasteiger partial charge in [-0.25, -0.2) is 13.1 Å². The Labute approximate surface area is 101 Å². The van der Waals surface area contributed by atoms with Gasteiger partial charge in [-0.3, -0.25) is 9.48 Å². The van der Waals surface area contributed by atoms with Crippen LogP contribution in [-0.2, 0) is 21.9 Å². The molecule has 0 bridgehead atoms. The fourth-order valence-electron chi connectivity index (χ4n) is 1.62. The third-order valence-corrected chi connectivity index (χ3v) is 4.06. The van der Waals surface area contributed by atoms with Crippen LogP contribution in [0.1, 0.15) is 31.2 Å². The fourth-order valence-corrected chi connectivity index (χ4v) is 3.08. The number of aromatic nitrogens is 2. The minimum atomic E-state index is -3.81. The monoisotopic (exact) mass is 259 g/mol. The third-order valence-electron chi connectivity index (χ3n) is 2.44. The summed E-state index contributed by atoms with van der Waals surface area (Å²) in [6, 6.07) is 0. The van der Waals surface area contributed by atoms with Crippen LogP contribution in [0.15, 0.2) is 4.90 Å². The number of carbonyl (C=O) groups excluding carboxylic acids is 1. The maximum absolute atomic E-state index is 12.0. The Hall–Kier alpha value is -1.37. The van der Waals surface area contributed by atoms with Gasteiger partial charge in [0.2, 0.25) is 5.91 Å². The molecule has 1 aromatic heterocycles. The molecule has 1 heterocycles. The summed E-state index contributed by atoms with van der Waals surface area (Å²) in [5.41, 5.74) is 0.904. The highest BCUT2D eigenvalue weighted by Gasteiger charge is 2.25. The Bertz CT molecular complexity index is 531. The lowest BCUT2D eigenvalue weighted by Gasteiger charge is -2.06. The number of hydrogen-bond donors (Lipinski definition) is 1. The maximum atomic E-state index is 12.0. The molecule has 0 aliphatic carbocycles. The largest absolute Gasteiger partial charge is 0.274 e. The second-order valence-corrected chi connectivity index (χ2v) is 5.52. The average molecular weight is 259 g/mol.